The Morgan fingerprint density at radius 3 is 2.46 bits per heavy atom. The maximum atomic E-state index is 13.0. The molecule has 2 amide bonds. The highest BCUT2D eigenvalue weighted by atomic mass is 35.5. The minimum absolute atomic E-state index is 0.0681. The molecule has 13 heteroatoms. The third-order valence-electron chi connectivity index (χ3n) is 6.05. The van der Waals surface area contributed by atoms with Gasteiger partial charge in [0.1, 0.15) is 11.1 Å². The zero-order valence-electron chi connectivity index (χ0n) is 20.2. The van der Waals surface area contributed by atoms with E-state index >= 15 is 0 Å². The molecule has 1 heterocycles. The number of amides is 2. The van der Waals surface area contributed by atoms with Gasteiger partial charge in [-0.15, -0.1) is 23.1 Å². The zero-order chi connectivity index (χ0) is 28.4. The molecule has 1 unspecified atom stereocenters. The predicted molar refractivity (Wildman–Crippen MR) is 157 cm³/mol. The lowest BCUT2D eigenvalue weighted by Crippen LogP contribution is -2.18. The van der Waals surface area contributed by atoms with E-state index in [4.69, 9.17) is 46.4 Å². The first-order chi connectivity index (χ1) is 18.5. The van der Waals surface area contributed by atoms with Crippen molar-refractivity contribution >= 4 is 98.0 Å². The predicted octanol–water partition coefficient (Wildman–Crippen LogP) is 8.04. The molecule has 0 radical (unpaired) electrons. The van der Waals surface area contributed by atoms with Crippen molar-refractivity contribution in [3.05, 3.63) is 71.5 Å². The number of carbonyl (C=O) groups is 3. The van der Waals surface area contributed by atoms with Gasteiger partial charge in [-0.3, -0.25) is 9.59 Å². The molecule has 2 aromatic carbocycles. The van der Waals surface area contributed by atoms with Crippen LogP contribution < -0.4 is 10.6 Å². The maximum Gasteiger partial charge on any atom is 0.338 e. The van der Waals surface area contributed by atoms with Gasteiger partial charge in [0.2, 0.25) is 5.91 Å². The monoisotopic (exact) mass is 641 g/mol. The number of thioether (sulfide) groups is 1. The molecule has 0 aliphatic heterocycles. The van der Waals surface area contributed by atoms with Crippen LogP contribution in [0, 0.1) is 17.2 Å². The van der Waals surface area contributed by atoms with Gasteiger partial charge >= 0.3 is 5.97 Å². The summed E-state index contributed by atoms with van der Waals surface area (Å²) in [5, 5.41) is 24.0. The van der Waals surface area contributed by atoms with Crippen LogP contribution in [0.15, 0.2) is 29.2 Å². The fraction of sp³-hybridized carbons (Fsp3) is 0.231. The van der Waals surface area contributed by atoms with Crippen molar-refractivity contribution in [2.24, 2.45) is 5.92 Å². The summed E-state index contributed by atoms with van der Waals surface area (Å²) in [5.41, 5.74) is 0.916. The van der Waals surface area contributed by atoms with Gasteiger partial charge in [0.15, 0.2) is 0 Å². The molecular formula is C26H19Cl4N3O4S2. The number of halogens is 4. The molecule has 0 bridgehead atoms. The first-order valence-electron chi connectivity index (χ1n) is 11.5. The van der Waals surface area contributed by atoms with Crippen LogP contribution in [0.2, 0.25) is 20.1 Å². The second kappa shape index (κ2) is 12.4. The molecule has 202 valence electrons. The Kier molecular flexibility index (Phi) is 9.37. The van der Waals surface area contributed by atoms with Gasteiger partial charge in [0.25, 0.3) is 5.91 Å². The van der Waals surface area contributed by atoms with Crippen LogP contribution in [0.3, 0.4) is 0 Å². The van der Waals surface area contributed by atoms with Crippen LogP contribution in [-0.4, -0.2) is 28.6 Å². The van der Waals surface area contributed by atoms with E-state index in [1.54, 1.807) is 24.3 Å². The summed E-state index contributed by atoms with van der Waals surface area (Å²) < 4.78 is 0. The van der Waals surface area contributed by atoms with Gasteiger partial charge in [0.05, 0.1) is 42.5 Å². The van der Waals surface area contributed by atoms with Gasteiger partial charge in [-0.1, -0.05) is 59.4 Å². The summed E-state index contributed by atoms with van der Waals surface area (Å²) in [6.45, 7) is 2.18. The average Bonchev–Trinajstić information content (AvgIpc) is 3.23. The molecule has 39 heavy (non-hydrogen) atoms. The number of nitrogens with zero attached hydrogens (tertiary/aromatic N) is 1. The first-order valence-corrected chi connectivity index (χ1v) is 14.8. The largest absolute Gasteiger partial charge is 0.478 e. The maximum absolute atomic E-state index is 13.0. The van der Waals surface area contributed by atoms with Gasteiger partial charge in [-0.2, -0.15) is 5.26 Å². The number of aromatic carboxylic acids is 1. The van der Waals surface area contributed by atoms with Crippen LogP contribution >= 0.6 is 69.5 Å². The molecule has 7 nitrogen and oxygen atoms in total. The number of nitriles is 1. The molecule has 1 aliphatic carbocycles. The van der Waals surface area contributed by atoms with E-state index in [-0.39, 0.29) is 26.7 Å². The molecule has 3 aromatic rings. The Bertz CT molecular complexity index is 1550. The SMILES string of the molecule is CC1CCc2c(sc(NC(=O)CSc3cccc(NC(=O)c4c(Cl)c(Cl)c(Cl)c(Cl)c4C(=O)O)c3)c2C#N)C1. The summed E-state index contributed by atoms with van der Waals surface area (Å²) in [5.74, 6) is -1.99. The van der Waals surface area contributed by atoms with E-state index < -0.39 is 28.0 Å². The lowest BCUT2D eigenvalue weighted by Gasteiger charge is -2.17. The number of benzene rings is 2. The van der Waals surface area contributed by atoms with Crippen molar-refractivity contribution in [3.8, 4) is 6.07 Å². The summed E-state index contributed by atoms with van der Waals surface area (Å²) in [6, 6.07) is 8.87. The van der Waals surface area contributed by atoms with Gasteiger partial charge in [-0.25, -0.2) is 4.79 Å². The lowest BCUT2D eigenvalue weighted by atomic mass is 9.89. The van der Waals surface area contributed by atoms with Crippen LogP contribution in [0.1, 0.15) is 50.1 Å². The number of hydrogen-bond donors (Lipinski definition) is 3. The molecular weight excluding hydrogens is 624 g/mol. The Hall–Kier alpha value is -2.45. The van der Waals surface area contributed by atoms with Crippen molar-refractivity contribution < 1.29 is 19.5 Å². The third-order valence-corrected chi connectivity index (χ3v) is 10.0. The molecule has 0 saturated heterocycles. The smallest absolute Gasteiger partial charge is 0.338 e. The van der Waals surface area contributed by atoms with E-state index in [1.165, 1.54) is 23.1 Å². The number of rotatable bonds is 7. The normalized spacial score (nSPS) is 14.3. The van der Waals surface area contributed by atoms with E-state index in [0.717, 1.165) is 29.7 Å². The highest BCUT2D eigenvalue weighted by molar-refractivity contribution is 8.00. The van der Waals surface area contributed by atoms with E-state index in [9.17, 15) is 24.8 Å². The Labute approximate surface area is 252 Å². The van der Waals surface area contributed by atoms with Crippen molar-refractivity contribution in [2.75, 3.05) is 16.4 Å². The number of hydrogen-bond acceptors (Lipinski definition) is 6. The van der Waals surface area contributed by atoms with E-state index in [2.05, 4.69) is 23.6 Å². The third kappa shape index (κ3) is 6.32. The molecule has 1 atom stereocenters. The van der Waals surface area contributed by atoms with Crippen LogP contribution in [-0.2, 0) is 17.6 Å². The number of nitrogens with one attached hydrogen (secondary N) is 2. The van der Waals surface area contributed by atoms with Crippen LogP contribution in [0.4, 0.5) is 10.7 Å². The van der Waals surface area contributed by atoms with E-state index in [0.29, 0.717) is 27.1 Å². The van der Waals surface area contributed by atoms with Crippen molar-refractivity contribution in [3.63, 3.8) is 0 Å². The highest BCUT2D eigenvalue weighted by Gasteiger charge is 2.29. The van der Waals surface area contributed by atoms with Crippen molar-refractivity contribution in [1.29, 1.82) is 5.26 Å². The van der Waals surface area contributed by atoms with Gasteiger partial charge in [-0.05, 0) is 48.9 Å². The Balaban J connectivity index is 1.45. The van der Waals surface area contributed by atoms with E-state index in [1.807, 2.05) is 0 Å². The van der Waals surface area contributed by atoms with Crippen LogP contribution in [0.25, 0.3) is 0 Å². The minimum atomic E-state index is -1.50. The summed E-state index contributed by atoms with van der Waals surface area (Å²) in [4.78, 5) is 39.3. The number of carboxylic acids is 1. The van der Waals surface area contributed by atoms with Gasteiger partial charge < -0.3 is 15.7 Å². The number of carbonyl (C=O) groups excluding carboxylic acids is 2. The molecule has 1 aromatic heterocycles. The molecule has 0 fully saturated rings. The van der Waals surface area contributed by atoms with Crippen molar-refractivity contribution in [2.45, 2.75) is 31.1 Å². The fourth-order valence-corrected chi connectivity index (χ4v) is 7.32. The zero-order valence-corrected chi connectivity index (χ0v) is 24.8. The standard InChI is InChI=1S/C26H19Cl4N3O4S2/c1-11-5-6-14-15(9-31)25(39-16(14)7-11)33-17(34)10-38-13-4-2-3-12(8-13)32-24(35)18-19(26(36)37)21(28)23(30)22(29)20(18)27/h2-4,8,11H,5-7,10H2,1H3,(H,32,35)(H,33,34)(H,36,37). The fourth-order valence-electron chi connectivity index (χ4n) is 4.17. The summed E-state index contributed by atoms with van der Waals surface area (Å²) in [7, 11) is 0. The molecule has 3 N–H and O–H groups in total. The second-order valence-electron chi connectivity index (χ2n) is 8.80. The Morgan fingerprint density at radius 1 is 1.10 bits per heavy atom. The molecule has 1 aliphatic rings. The quantitative estimate of drug-likeness (QED) is 0.136. The molecule has 4 rings (SSSR count). The van der Waals surface area contributed by atoms with Crippen LogP contribution in [0.5, 0.6) is 0 Å². The average molecular weight is 643 g/mol. The summed E-state index contributed by atoms with van der Waals surface area (Å²) >= 11 is 26.9. The number of thiophene rings is 1. The first kappa shape index (κ1) is 29.5. The van der Waals surface area contributed by atoms with Gasteiger partial charge in [0, 0.05) is 15.5 Å². The summed E-state index contributed by atoms with van der Waals surface area (Å²) in [6.07, 6.45) is 2.77. The molecule has 0 saturated carbocycles. The number of anilines is 2. The number of carboxylic acid groups (broad SMARTS) is 1. The minimum Gasteiger partial charge on any atom is -0.478 e. The second-order valence-corrected chi connectivity index (χ2v) is 12.5. The topological polar surface area (TPSA) is 119 Å². The lowest BCUT2D eigenvalue weighted by molar-refractivity contribution is -0.113. The molecule has 0 spiro atoms. The number of fused-ring (bicyclic) bond motifs is 1. The Morgan fingerprint density at radius 2 is 1.79 bits per heavy atom. The highest BCUT2D eigenvalue weighted by Crippen LogP contribution is 2.42. The van der Waals surface area contributed by atoms with Crippen molar-refractivity contribution in [1.82, 2.24) is 0 Å².